The molecule has 1 saturated heterocycles. The van der Waals surface area contributed by atoms with Crippen molar-refractivity contribution in [1.29, 1.82) is 0 Å². The van der Waals surface area contributed by atoms with Crippen LogP contribution in [-0.4, -0.2) is 56.0 Å². The minimum absolute atomic E-state index is 0.0413. The number of likely N-dealkylation sites (N-methyl/N-ethyl adjacent to an activating group) is 1. The van der Waals surface area contributed by atoms with Crippen LogP contribution in [0.4, 0.5) is 17.1 Å². The molecule has 0 bridgehead atoms. The van der Waals surface area contributed by atoms with Crippen molar-refractivity contribution in [3.8, 4) is 5.75 Å². The number of carbonyl (C=O) groups is 2. The first-order valence-electron chi connectivity index (χ1n) is 9.48. The number of carbonyl (C=O) groups excluding carboxylic acids is 2. The van der Waals surface area contributed by atoms with Gasteiger partial charge in [-0.05, 0) is 43.4 Å². The lowest BCUT2D eigenvalue weighted by atomic mass is 10.1. The van der Waals surface area contributed by atoms with Gasteiger partial charge in [0.2, 0.25) is 5.91 Å². The van der Waals surface area contributed by atoms with Crippen LogP contribution < -0.4 is 20.3 Å². The van der Waals surface area contributed by atoms with Gasteiger partial charge in [-0.2, -0.15) is 0 Å². The Hall–Kier alpha value is -3.06. The SMILES string of the molecule is CN1CCN(c2ccc(NC(=O)CC3Oc4ccccc4NC3=O)cc2)CC1. The van der Waals surface area contributed by atoms with E-state index in [0.717, 1.165) is 31.9 Å². The quantitative estimate of drug-likeness (QED) is 0.850. The third-order valence-corrected chi connectivity index (χ3v) is 5.10. The molecule has 0 aromatic heterocycles. The molecule has 0 radical (unpaired) electrons. The zero-order valence-electron chi connectivity index (χ0n) is 15.9. The number of anilines is 3. The highest BCUT2D eigenvalue weighted by Crippen LogP contribution is 2.29. The van der Waals surface area contributed by atoms with Crippen LogP contribution in [0.3, 0.4) is 0 Å². The summed E-state index contributed by atoms with van der Waals surface area (Å²) >= 11 is 0. The van der Waals surface area contributed by atoms with Gasteiger partial charge in [-0.1, -0.05) is 12.1 Å². The fraction of sp³-hybridized carbons (Fsp3) is 0.333. The predicted octanol–water partition coefficient (Wildman–Crippen LogP) is 2.17. The maximum atomic E-state index is 12.4. The molecule has 1 atom stereocenters. The van der Waals surface area contributed by atoms with Crippen molar-refractivity contribution in [3.63, 3.8) is 0 Å². The molecular weight excluding hydrogens is 356 g/mol. The van der Waals surface area contributed by atoms with Crippen LogP contribution >= 0.6 is 0 Å². The summed E-state index contributed by atoms with van der Waals surface area (Å²) in [6.45, 7) is 4.09. The van der Waals surface area contributed by atoms with Gasteiger partial charge in [0.1, 0.15) is 5.75 Å². The summed E-state index contributed by atoms with van der Waals surface area (Å²) in [5.41, 5.74) is 2.49. The molecule has 28 heavy (non-hydrogen) atoms. The molecule has 2 aliphatic heterocycles. The summed E-state index contributed by atoms with van der Waals surface area (Å²) in [7, 11) is 2.13. The molecule has 1 unspecified atom stereocenters. The number of nitrogens with one attached hydrogen (secondary N) is 2. The fourth-order valence-corrected chi connectivity index (χ4v) is 3.43. The van der Waals surface area contributed by atoms with Gasteiger partial charge in [-0.15, -0.1) is 0 Å². The van der Waals surface area contributed by atoms with Gasteiger partial charge in [0.05, 0.1) is 12.1 Å². The van der Waals surface area contributed by atoms with E-state index in [-0.39, 0.29) is 18.2 Å². The molecule has 2 N–H and O–H groups in total. The normalized spacial score (nSPS) is 19.4. The Morgan fingerprint density at radius 2 is 1.82 bits per heavy atom. The van der Waals surface area contributed by atoms with Crippen LogP contribution in [0, 0.1) is 0 Å². The van der Waals surface area contributed by atoms with E-state index in [1.165, 1.54) is 0 Å². The van der Waals surface area contributed by atoms with Crippen molar-refractivity contribution in [2.24, 2.45) is 0 Å². The second kappa shape index (κ2) is 7.90. The van der Waals surface area contributed by atoms with E-state index in [1.54, 1.807) is 12.1 Å². The molecule has 1 fully saturated rings. The van der Waals surface area contributed by atoms with Crippen molar-refractivity contribution < 1.29 is 14.3 Å². The van der Waals surface area contributed by atoms with Crippen LogP contribution in [0.5, 0.6) is 5.75 Å². The Morgan fingerprint density at radius 3 is 2.57 bits per heavy atom. The van der Waals surface area contributed by atoms with Crippen LogP contribution in [0.25, 0.3) is 0 Å². The molecule has 7 heteroatoms. The molecule has 2 aliphatic rings. The summed E-state index contributed by atoms with van der Waals surface area (Å²) in [6.07, 6.45) is -0.875. The second-order valence-corrected chi connectivity index (χ2v) is 7.18. The van der Waals surface area contributed by atoms with Crippen molar-refractivity contribution in [3.05, 3.63) is 48.5 Å². The highest BCUT2D eigenvalue weighted by molar-refractivity contribution is 6.02. The smallest absolute Gasteiger partial charge is 0.266 e. The minimum Gasteiger partial charge on any atom is -0.478 e. The zero-order chi connectivity index (χ0) is 19.5. The van der Waals surface area contributed by atoms with E-state index in [9.17, 15) is 9.59 Å². The first-order chi connectivity index (χ1) is 13.6. The van der Waals surface area contributed by atoms with E-state index in [2.05, 4.69) is 27.5 Å². The lowest BCUT2D eigenvalue weighted by molar-refractivity contribution is -0.128. The van der Waals surface area contributed by atoms with Crippen LogP contribution in [0.15, 0.2) is 48.5 Å². The highest BCUT2D eigenvalue weighted by atomic mass is 16.5. The van der Waals surface area contributed by atoms with Crippen molar-refractivity contribution in [1.82, 2.24) is 4.90 Å². The average molecular weight is 380 g/mol. The Balaban J connectivity index is 1.33. The van der Waals surface area contributed by atoms with Gasteiger partial charge in [0, 0.05) is 37.6 Å². The van der Waals surface area contributed by atoms with Crippen molar-refractivity contribution >= 4 is 28.9 Å². The number of para-hydroxylation sites is 2. The largest absolute Gasteiger partial charge is 0.478 e. The van der Waals surface area contributed by atoms with Crippen LogP contribution in [0.1, 0.15) is 6.42 Å². The van der Waals surface area contributed by atoms with E-state index >= 15 is 0 Å². The van der Waals surface area contributed by atoms with E-state index in [4.69, 9.17) is 4.74 Å². The molecule has 4 rings (SSSR count). The number of fused-ring (bicyclic) bond motifs is 1. The topological polar surface area (TPSA) is 73.9 Å². The summed E-state index contributed by atoms with van der Waals surface area (Å²) in [5.74, 6) is 0.0163. The highest BCUT2D eigenvalue weighted by Gasteiger charge is 2.29. The van der Waals surface area contributed by atoms with E-state index in [0.29, 0.717) is 17.1 Å². The van der Waals surface area contributed by atoms with E-state index in [1.807, 2.05) is 36.4 Å². The summed E-state index contributed by atoms with van der Waals surface area (Å²) in [5, 5.41) is 5.62. The fourth-order valence-electron chi connectivity index (χ4n) is 3.43. The molecule has 146 valence electrons. The van der Waals surface area contributed by atoms with Gasteiger partial charge in [-0.25, -0.2) is 0 Å². The second-order valence-electron chi connectivity index (χ2n) is 7.18. The summed E-state index contributed by atoms with van der Waals surface area (Å²) in [6, 6.07) is 15.0. The number of benzene rings is 2. The third-order valence-electron chi connectivity index (χ3n) is 5.10. The van der Waals surface area contributed by atoms with Gasteiger partial charge in [-0.3, -0.25) is 9.59 Å². The number of nitrogens with zero attached hydrogens (tertiary/aromatic N) is 2. The Kier molecular flexibility index (Phi) is 5.16. The Labute approximate surface area is 164 Å². The van der Waals surface area contributed by atoms with Gasteiger partial charge < -0.3 is 25.2 Å². The standard InChI is InChI=1S/C21H24N4O3/c1-24-10-12-25(13-11-24)16-8-6-15(7-9-16)22-20(26)14-19-21(27)23-17-4-2-3-5-18(17)28-19/h2-9,19H,10-14H2,1H3,(H,22,26)(H,23,27). The Bertz CT molecular complexity index is 860. The molecular formula is C21H24N4O3. The number of hydrogen-bond acceptors (Lipinski definition) is 5. The van der Waals surface area contributed by atoms with Crippen molar-refractivity contribution in [2.75, 3.05) is 48.8 Å². The van der Waals surface area contributed by atoms with Gasteiger partial charge in [0.25, 0.3) is 5.91 Å². The van der Waals surface area contributed by atoms with Crippen LogP contribution in [0.2, 0.25) is 0 Å². The average Bonchev–Trinajstić information content (AvgIpc) is 2.70. The molecule has 0 saturated carbocycles. The molecule has 0 aliphatic carbocycles. The number of piperazine rings is 1. The molecule has 2 aromatic rings. The third kappa shape index (κ3) is 4.09. The van der Waals surface area contributed by atoms with Gasteiger partial charge in [0.15, 0.2) is 6.10 Å². The maximum absolute atomic E-state index is 12.4. The molecule has 7 nitrogen and oxygen atoms in total. The lowest BCUT2D eigenvalue weighted by Gasteiger charge is -2.34. The molecule has 2 amide bonds. The monoisotopic (exact) mass is 380 g/mol. The predicted molar refractivity (Wildman–Crippen MR) is 109 cm³/mol. The number of amides is 2. The Morgan fingerprint density at radius 1 is 1.11 bits per heavy atom. The lowest BCUT2D eigenvalue weighted by Crippen LogP contribution is -2.44. The zero-order valence-corrected chi connectivity index (χ0v) is 15.9. The van der Waals surface area contributed by atoms with Crippen molar-refractivity contribution in [2.45, 2.75) is 12.5 Å². The summed E-state index contributed by atoms with van der Waals surface area (Å²) in [4.78, 5) is 29.2. The van der Waals surface area contributed by atoms with E-state index < -0.39 is 6.10 Å². The van der Waals surface area contributed by atoms with Gasteiger partial charge >= 0.3 is 0 Å². The minimum atomic E-state index is -0.834. The first kappa shape index (κ1) is 18.3. The number of rotatable bonds is 4. The number of ether oxygens (including phenoxy) is 1. The summed E-state index contributed by atoms with van der Waals surface area (Å²) < 4.78 is 5.68. The number of hydrogen-bond donors (Lipinski definition) is 2. The molecule has 2 heterocycles. The first-order valence-corrected chi connectivity index (χ1v) is 9.48. The molecule has 0 spiro atoms. The molecule has 2 aromatic carbocycles. The maximum Gasteiger partial charge on any atom is 0.266 e. The van der Waals surface area contributed by atoms with Crippen LogP contribution in [-0.2, 0) is 9.59 Å².